The first-order chi connectivity index (χ1) is 15.2. The summed E-state index contributed by atoms with van der Waals surface area (Å²) in [7, 11) is -4.04. The molecule has 1 aromatic carbocycles. The fourth-order valence-electron chi connectivity index (χ4n) is 4.33. The minimum Gasteiger partial charge on any atom is -0.456 e. The summed E-state index contributed by atoms with van der Waals surface area (Å²) in [5.74, 6) is -0.715. The summed E-state index contributed by atoms with van der Waals surface area (Å²) in [5, 5.41) is 8.40. The maximum absolute atomic E-state index is 13.3. The van der Waals surface area contributed by atoms with Crippen molar-refractivity contribution in [3.63, 3.8) is 0 Å². The maximum atomic E-state index is 13.3. The minimum atomic E-state index is -4.04. The van der Waals surface area contributed by atoms with Crippen molar-refractivity contribution < 1.29 is 22.7 Å². The molecule has 9 nitrogen and oxygen atoms in total. The highest BCUT2D eigenvalue weighted by Gasteiger charge is 2.46. The summed E-state index contributed by atoms with van der Waals surface area (Å²) in [5.41, 5.74) is 1.11. The Labute approximate surface area is 204 Å². The van der Waals surface area contributed by atoms with Crippen molar-refractivity contribution in [2.75, 3.05) is 16.8 Å². The van der Waals surface area contributed by atoms with Crippen molar-refractivity contribution in [2.45, 2.75) is 93.3 Å². The Hall–Kier alpha value is -2.17. The van der Waals surface area contributed by atoms with Crippen LogP contribution in [0.25, 0.3) is 0 Å². The largest absolute Gasteiger partial charge is 0.456 e. The number of hydrogen-bond acceptors (Lipinski definition) is 6. The van der Waals surface area contributed by atoms with Crippen molar-refractivity contribution in [1.82, 2.24) is 4.72 Å². The lowest BCUT2D eigenvalue weighted by atomic mass is 9.91. The number of anilines is 2. The molecule has 1 aliphatic rings. The highest BCUT2D eigenvalue weighted by Crippen LogP contribution is 2.48. The molecule has 0 saturated heterocycles. The quantitative estimate of drug-likeness (QED) is 0.517. The molecular weight excluding hydrogens is 456 g/mol. The van der Waals surface area contributed by atoms with Gasteiger partial charge in [0.15, 0.2) is 0 Å². The lowest BCUT2D eigenvalue weighted by Crippen LogP contribution is -2.59. The third-order valence-corrected chi connectivity index (χ3v) is 6.54. The van der Waals surface area contributed by atoms with Crippen LogP contribution < -0.4 is 20.1 Å². The van der Waals surface area contributed by atoms with Gasteiger partial charge in [-0.1, -0.05) is 27.7 Å². The number of rotatable bonds is 6. The van der Waals surface area contributed by atoms with Gasteiger partial charge in [-0.15, -0.1) is 0 Å². The van der Waals surface area contributed by atoms with E-state index in [2.05, 4.69) is 10.0 Å². The summed E-state index contributed by atoms with van der Waals surface area (Å²) in [6.07, 6.45) is 0.985. The molecule has 0 radical (unpaired) electrons. The van der Waals surface area contributed by atoms with E-state index in [1.54, 1.807) is 55.4 Å². The summed E-state index contributed by atoms with van der Waals surface area (Å²) in [6, 6.07) is 0. The normalized spacial score (nSPS) is 18.6. The number of nitrogens with one attached hydrogen (secondary N) is 2. The highest BCUT2D eigenvalue weighted by molar-refractivity contribution is 7.87. The first-order valence-electron chi connectivity index (χ1n) is 11.5. The Morgan fingerprint density at radius 3 is 2.12 bits per heavy atom. The van der Waals surface area contributed by atoms with Crippen molar-refractivity contribution in [3.8, 4) is 0 Å². The van der Waals surface area contributed by atoms with Crippen LogP contribution in [0.1, 0.15) is 88.9 Å². The van der Waals surface area contributed by atoms with Crippen LogP contribution in [-0.4, -0.2) is 38.1 Å². The molecule has 1 unspecified atom stereocenters. The van der Waals surface area contributed by atoms with E-state index >= 15 is 0 Å². The Bertz CT molecular complexity index is 1100. The molecule has 0 aliphatic carbocycles. The van der Waals surface area contributed by atoms with Crippen LogP contribution in [0, 0.1) is 19.3 Å². The first-order valence-corrected chi connectivity index (χ1v) is 13.1. The Balaban J connectivity index is 2.87. The molecule has 34 heavy (non-hydrogen) atoms. The summed E-state index contributed by atoms with van der Waals surface area (Å²) < 4.78 is 32.4. The molecule has 1 heterocycles. The molecule has 192 valence electrons. The second-order valence-corrected chi connectivity index (χ2v) is 12.6. The smallest absolute Gasteiger partial charge is 0.339 e. The van der Waals surface area contributed by atoms with Gasteiger partial charge in [-0.25, -0.2) is 9.93 Å². The number of hydrogen-bond donors (Lipinski definition) is 3. The average Bonchev–Trinajstić information content (AvgIpc) is 2.87. The van der Waals surface area contributed by atoms with Gasteiger partial charge in [0, 0.05) is 18.4 Å². The van der Waals surface area contributed by atoms with Crippen LogP contribution in [0.5, 0.6) is 0 Å². The number of ether oxygens (including phenoxy) is 1. The van der Waals surface area contributed by atoms with Crippen molar-refractivity contribution in [1.29, 1.82) is 0 Å². The highest BCUT2D eigenvalue weighted by atomic mass is 32.2. The number of nitrogens with zero attached hydrogens (tertiary/aromatic N) is 1. The fraction of sp³-hybridized carbons (Fsp3) is 0.667. The van der Waals surface area contributed by atoms with Gasteiger partial charge in [0.25, 0.3) is 10.2 Å². The number of benzene rings is 1. The van der Waals surface area contributed by atoms with Gasteiger partial charge in [0.1, 0.15) is 11.3 Å². The predicted molar refractivity (Wildman–Crippen MR) is 135 cm³/mol. The van der Waals surface area contributed by atoms with E-state index in [-0.39, 0.29) is 12.3 Å². The minimum absolute atomic E-state index is 0.221. The molecule has 1 aliphatic heterocycles. The van der Waals surface area contributed by atoms with E-state index < -0.39 is 32.9 Å². The van der Waals surface area contributed by atoms with E-state index in [1.807, 2.05) is 18.7 Å². The predicted octanol–water partition coefficient (Wildman–Crippen LogP) is 3.53. The van der Waals surface area contributed by atoms with Crippen LogP contribution in [0.3, 0.4) is 0 Å². The van der Waals surface area contributed by atoms with Gasteiger partial charge >= 0.3 is 5.97 Å². The van der Waals surface area contributed by atoms with E-state index in [4.69, 9.17) is 9.88 Å². The van der Waals surface area contributed by atoms with Crippen LogP contribution in [-0.2, 0) is 26.2 Å². The van der Waals surface area contributed by atoms with Crippen LogP contribution >= 0.6 is 0 Å². The lowest BCUT2D eigenvalue weighted by Gasteiger charge is -2.38. The summed E-state index contributed by atoms with van der Waals surface area (Å²) in [6.45, 7) is 18.6. The molecule has 0 aromatic heterocycles. The zero-order chi connectivity index (χ0) is 26.4. The van der Waals surface area contributed by atoms with E-state index in [9.17, 15) is 18.0 Å². The number of nitrogens with two attached hydrogens (primary N) is 1. The summed E-state index contributed by atoms with van der Waals surface area (Å²) in [4.78, 5) is 28.2. The number of carbonyl (C=O) groups is 2. The second kappa shape index (κ2) is 9.13. The van der Waals surface area contributed by atoms with E-state index in [0.717, 1.165) is 12.0 Å². The molecule has 10 heteroatoms. The second-order valence-electron chi connectivity index (χ2n) is 11.3. The lowest BCUT2D eigenvalue weighted by molar-refractivity contribution is -0.123. The molecule has 0 fully saturated rings. The van der Waals surface area contributed by atoms with Crippen molar-refractivity contribution >= 4 is 33.5 Å². The van der Waals surface area contributed by atoms with Crippen molar-refractivity contribution in [3.05, 3.63) is 22.3 Å². The number of amides is 1. The van der Waals surface area contributed by atoms with Crippen molar-refractivity contribution in [2.24, 2.45) is 10.6 Å². The number of carbonyl (C=O) groups excluding carboxylic acids is 2. The van der Waals surface area contributed by atoms with Crippen LogP contribution in [0.15, 0.2) is 0 Å². The fourth-order valence-corrected chi connectivity index (χ4v) is 5.13. The molecule has 1 amide bonds. The number of fused-ring (bicyclic) bond motifs is 1. The molecule has 1 atom stereocenters. The Morgan fingerprint density at radius 2 is 1.68 bits per heavy atom. The molecule has 4 N–H and O–H groups in total. The van der Waals surface area contributed by atoms with Gasteiger partial charge in [0.05, 0.1) is 16.9 Å². The third kappa shape index (κ3) is 5.90. The van der Waals surface area contributed by atoms with Gasteiger partial charge in [-0.3, -0.25) is 4.79 Å². The van der Waals surface area contributed by atoms with Gasteiger partial charge in [0.2, 0.25) is 5.91 Å². The molecule has 2 rings (SSSR count). The molecule has 0 spiro atoms. The summed E-state index contributed by atoms with van der Waals surface area (Å²) >= 11 is 0. The van der Waals surface area contributed by atoms with Gasteiger partial charge in [-0.2, -0.15) is 13.1 Å². The van der Waals surface area contributed by atoms with Gasteiger partial charge < -0.3 is 15.0 Å². The topological polar surface area (TPSA) is 131 Å². The van der Waals surface area contributed by atoms with E-state index in [1.165, 1.54) is 0 Å². The van der Waals surface area contributed by atoms with Crippen LogP contribution in [0.2, 0.25) is 0 Å². The maximum Gasteiger partial charge on any atom is 0.339 e. The first kappa shape index (κ1) is 28.1. The molecule has 1 aromatic rings. The van der Waals surface area contributed by atoms with E-state index in [0.29, 0.717) is 34.6 Å². The van der Waals surface area contributed by atoms with Crippen LogP contribution in [0.4, 0.5) is 11.4 Å². The number of esters is 1. The Kier molecular flexibility index (Phi) is 7.53. The zero-order valence-corrected chi connectivity index (χ0v) is 22.9. The van der Waals surface area contributed by atoms with Gasteiger partial charge in [-0.05, 0) is 64.7 Å². The average molecular weight is 497 g/mol. The Morgan fingerprint density at radius 1 is 1.12 bits per heavy atom. The SMILES string of the molecule is CCCN1c2c(c(C)c(C(=O)OC(C)(C)C)c(C)c2NC(=O)C(C)(C)C)CC1(C)NS(N)(=O)=O. The zero-order valence-electron chi connectivity index (χ0n) is 22.1. The molecular formula is C24H40N4O5S. The third-order valence-electron chi connectivity index (χ3n) is 5.82. The molecule has 0 saturated carbocycles. The molecule has 0 bridgehead atoms. The monoisotopic (exact) mass is 496 g/mol. The standard InChI is InChI=1S/C24H40N4O5S/c1-11-12-28-19-16(13-24(28,10)27-34(25,31)32)14(2)17(20(29)33-23(7,8)9)15(3)18(19)26-21(30)22(4,5)6/h27H,11-13H2,1-10H3,(H,26,30)(H2,25,31,32).